The summed E-state index contributed by atoms with van der Waals surface area (Å²) < 4.78 is 37.4. The molecule has 7 heteroatoms. The number of nitrogens with two attached hydrogens (primary N) is 1. The average Bonchev–Trinajstić information content (AvgIpc) is 2.83. The van der Waals surface area contributed by atoms with Crippen LogP contribution in [0.1, 0.15) is 11.1 Å². The van der Waals surface area contributed by atoms with Gasteiger partial charge in [-0.3, -0.25) is 9.89 Å². The SMILES string of the molecule is NC(=O)/C=C\c1cn[nH]c1-c1ccc(C(F)(F)F)cc1. The van der Waals surface area contributed by atoms with E-state index in [1.165, 1.54) is 24.4 Å². The standard InChI is InChI=1S/C13H10F3N3O/c14-13(15,16)10-4-1-8(2-5-10)12-9(7-18-19-12)3-6-11(17)20/h1-7H,(H2,17,20)(H,18,19)/b6-3-. The molecule has 3 N–H and O–H groups in total. The van der Waals surface area contributed by atoms with Crippen LogP contribution >= 0.6 is 0 Å². The molecule has 0 atom stereocenters. The van der Waals surface area contributed by atoms with Crippen LogP contribution in [0.25, 0.3) is 17.3 Å². The third kappa shape index (κ3) is 3.05. The Bertz CT molecular complexity index is 642. The first kappa shape index (κ1) is 13.9. The Kier molecular flexibility index (Phi) is 3.60. The lowest BCUT2D eigenvalue weighted by Crippen LogP contribution is -2.05. The number of aromatic amines is 1. The molecule has 1 heterocycles. The molecule has 0 spiro atoms. The van der Waals surface area contributed by atoms with Crippen LogP contribution in [0.4, 0.5) is 13.2 Å². The van der Waals surface area contributed by atoms with E-state index in [2.05, 4.69) is 10.2 Å². The smallest absolute Gasteiger partial charge is 0.366 e. The molecule has 0 aliphatic rings. The molecule has 1 amide bonds. The highest BCUT2D eigenvalue weighted by atomic mass is 19.4. The first-order valence-electron chi connectivity index (χ1n) is 5.56. The van der Waals surface area contributed by atoms with Crippen LogP contribution < -0.4 is 5.73 Å². The summed E-state index contributed by atoms with van der Waals surface area (Å²) in [4.78, 5) is 10.7. The minimum Gasteiger partial charge on any atom is -0.366 e. The summed E-state index contributed by atoms with van der Waals surface area (Å²) >= 11 is 0. The van der Waals surface area contributed by atoms with E-state index in [9.17, 15) is 18.0 Å². The average molecular weight is 281 g/mol. The van der Waals surface area contributed by atoms with Crippen LogP contribution in [-0.4, -0.2) is 16.1 Å². The van der Waals surface area contributed by atoms with Crippen LogP contribution in [0.3, 0.4) is 0 Å². The maximum Gasteiger partial charge on any atom is 0.416 e. The zero-order chi connectivity index (χ0) is 14.8. The number of hydrogen-bond acceptors (Lipinski definition) is 2. The normalized spacial score (nSPS) is 11.9. The number of nitrogens with one attached hydrogen (secondary N) is 1. The van der Waals surface area contributed by atoms with Gasteiger partial charge in [0.25, 0.3) is 0 Å². The second-order valence-electron chi connectivity index (χ2n) is 4.01. The monoisotopic (exact) mass is 281 g/mol. The van der Waals surface area contributed by atoms with Crippen molar-refractivity contribution in [2.75, 3.05) is 0 Å². The Hall–Kier alpha value is -2.57. The number of primary amides is 1. The number of carbonyl (C=O) groups is 1. The van der Waals surface area contributed by atoms with Crippen molar-refractivity contribution in [3.8, 4) is 11.3 Å². The summed E-state index contributed by atoms with van der Waals surface area (Å²) in [7, 11) is 0. The maximum absolute atomic E-state index is 12.5. The van der Waals surface area contributed by atoms with Gasteiger partial charge in [-0.2, -0.15) is 18.3 Å². The lowest BCUT2D eigenvalue weighted by Gasteiger charge is -2.07. The summed E-state index contributed by atoms with van der Waals surface area (Å²) in [6.07, 6.45) is -0.328. The summed E-state index contributed by atoms with van der Waals surface area (Å²) in [5, 5.41) is 6.47. The Morgan fingerprint density at radius 2 is 1.90 bits per heavy atom. The quantitative estimate of drug-likeness (QED) is 0.849. The van der Waals surface area contributed by atoms with Gasteiger partial charge in [0.1, 0.15) is 0 Å². The molecule has 0 saturated carbocycles. The summed E-state index contributed by atoms with van der Waals surface area (Å²) in [6.45, 7) is 0. The number of H-pyrrole nitrogens is 1. The van der Waals surface area contributed by atoms with Crippen LogP contribution in [-0.2, 0) is 11.0 Å². The number of aromatic nitrogens is 2. The van der Waals surface area contributed by atoms with Crippen molar-refractivity contribution < 1.29 is 18.0 Å². The van der Waals surface area contributed by atoms with Gasteiger partial charge in [0.05, 0.1) is 17.5 Å². The molecule has 2 rings (SSSR count). The second-order valence-corrected chi connectivity index (χ2v) is 4.01. The summed E-state index contributed by atoms with van der Waals surface area (Å²) in [6, 6.07) is 4.63. The van der Waals surface area contributed by atoms with Crippen LogP contribution in [0, 0.1) is 0 Å². The van der Waals surface area contributed by atoms with Gasteiger partial charge < -0.3 is 5.73 Å². The second kappa shape index (κ2) is 5.20. The Morgan fingerprint density at radius 3 is 2.45 bits per heavy atom. The minimum absolute atomic E-state index is 0.510. The molecule has 2 aromatic rings. The number of benzene rings is 1. The third-order valence-electron chi connectivity index (χ3n) is 2.60. The molecule has 20 heavy (non-hydrogen) atoms. The fourth-order valence-electron chi connectivity index (χ4n) is 1.65. The fourth-order valence-corrected chi connectivity index (χ4v) is 1.65. The summed E-state index contributed by atoms with van der Waals surface area (Å²) in [5.41, 5.74) is 5.85. The molecule has 0 unspecified atom stereocenters. The molecule has 1 aromatic heterocycles. The molecular weight excluding hydrogens is 271 g/mol. The zero-order valence-corrected chi connectivity index (χ0v) is 10.1. The number of hydrogen-bond donors (Lipinski definition) is 2. The minimum atomic E-state index is -4.37. The van der Waals surface area contributed by atoms with Crippen molar-refractivity contribution >= 4 is 12.0 Å². The highest BCUT2D eigenvalue weighted by molar-refractivity contribution is 5.91. The van der Waals surface area contributed by atoms with E-state index < -0.39 is 17.6 Å². The summed E-state index contributed by atoms with van der Waals surface area (Å²) in [5.74, 6) is -0.621. The van der Waals surface area contributed by atoms with Gasteiger partial charge in [-0.25, -0.2) is 0 Å². The van der Waals surface area contributed by atoms with Crippen LogP contribution in [0.5, 0.6) is 0 Å². The number of alkyl halides is 3. The first-order chi connectivity index (χ1) is 9.38. The lowest BCUT2D eigenvalue weighted by atomic mass is 10.1. The maximum atomic E-state index is 12.5. The highest BCUT2D eigenvalue weighted by Crippen LogP contribution is 2.31. The van der Waals surface area contributed by atoms with E-state index in [0.717, 1.165) is 18.2 Å². The molecule has 0 aliphatic heterocycles. The fraction of sp³-hybridized carbons (Fsp3) is 0.0769. The highest BCUT2D eigenvalue weighted by Gasteiger charge is 2.30. The van der Waals surface area contributed by atoms with E-state index in [1.807, 2.05) is 0 Å². The van der Waals surface area contributed by atoms with Gasteiger partial charge in [0.2, 0.25) is 5.91 Å². The zero-order valence-electron chi connectivity index (χ0n) is 10.1. The molecular formula is C13H10F3N3O. The van der Waals surface area contributed by atoms with Crippen molar-refractivity contribution in [1.29, 1.82) is 0 Å². The van der Waals surface area contributed by atoms with Gasteiger partial charge in [0.15, 0.2) is 0 Å². The molecule has 0 saturated heterocycles. The molecule has 104 valence electrons. The number of carbonyl (C=O) groups excluding carboxylic acids is 1. The Balaban J connectivity index is 2.33. The van der Waals surface area contributed by atoms with Crippen molar-refractivity contribution in [3.63, 3.8) is 0 Å². The van der Waals surface area contributed by atoms with Gasteiger partial charge in [-0.1, -0.05) is 12.1 Å². The van der Waals surface area contributed by atoms with Crippen molar-refractivity contribution in [2.45, 2.75) is 6.18 Å². The van der Waals surface area contributed by atoms with Gasteiger partial charge in [0, 0.05) is 17.2 Å². The largest absolute Gasteiger partial charge is 0.416 e. The van der Waals surface area contributed by atoms with Crippen molar-refractivity contribution in [3.05, 3.63) is 47.7 Å². The molecule has 0 radical (unpaired) electrons. The predicted octanol–water partition coefficient (Wildman–Crippen LogP) is 2.59. The Morgan fingerprint density at radius 1 is 1.25 bits per heavy atom. The Labute approximate surface area is 112 Å². The van der Waals surface area contributed by atoms with Gasteiger partial charge >= 0.3 is 6.18 Å². The van der Waals surface area contributed by atoms with Crippen molar-refractivity contribution in [1.82, 2.24) is 10.2 Å². The molecule has 0 bridgehead atoms. The lowest BCUT2D eigenvalue weighted by molar-refractivity contribution is -0.137. The van der Waals surface area contributed by atoms with E-state index in [1.54, 1.807) is 0 Å². The van der Waals surface area contributed by atoms with Crippen molar-refractivity contribution in [2.24, 2.45) is 5.73 Å². The third-order valence-corrected chi connectivity index (χ3v) is 2.60. The topological polar surface area (TPSA) is 71.8 Å². The first-order valence-corrected chi connectivity index (χ1v) is 5.56. The molecule has 1 aromatic carbocycles. The van der Waals surface area contributed by atoms with Crippen LogP contribution in [0.15, 0.2) is 36.5 Å². The molecule has 4 nitrogen and oxygen atoms in total. The number of amides is 1. The van der Waals surface area contributed by atoms with Gasteiger partial charge in [-0.15, -0.1) is 0 Å². The molecule has 0 aliphatic carbocycles. The van der Waals surface area contributed by atoms with E-state index in [0.29, 0.717) is 16.8 Å². The predicted molar refractivity (Wildman–Crippen MR) is 67.3 cm³/mol. The molecule has 0 fully saturated rings. The van der Waals surface area contributed by atoms with Gasteiger partial charge in [-0.05, 0) is 18.2 Å². The van der Waals surface area contributed by atoms with E-state index in [-0.39, 0.29) is 0 Å². The number of nitrogens with zero attached hydrogens (tertiary/aromatic N) is 1. The number of rotatable bonds is 3. The number of halogens is 3. The van der Waals surface area contributed by atoms with E-state index in [4.69, 9.17) is 5.73 Å². The van der Waals surface area contributed by atoms with E-state index >= 15 is 0 Å². The van der Waals surface area contributed by atoms with Crippen LogP contribution in [0.2, 0.25) is 0 Å².